The van der Waals surface area contributed by atoms with Crippen molar-refractivity contribution in [3.63, 3.8) is 0 Å². The number of aromatic nitrogens is 2. The topological polar surface area (TPSA) is 105 Å². The van der Waals surface area contributed by atoms with Crippen LogP contribution in [0.1, 0.15) is 17.3 Å². The molecule has 1 aromatic heterocycles. The molecule has 0 unspecified atom stereocenters. The van der Waals surface area contributed by atoms with E-state index in [0.717, 1.165) is 10.7 Å². The van der Waals surface area contributed by atoms with Crippen molar-refractivity contribution >= 4 is 27.2 Å². The molecule has 0 aliphatic carbocycles. The number of hydrogen-bond acceptors (Lipinski definition) is 5. The molecule has 2 aromatic carbocycles. The molecule has 3 aromatic rings. The number of amides is 1. The molecule has 10 heteroatoms. The molecule has 7 nitrogen and oxygen atoms in total. The molecule has 0 bridgehead atoms. The van der Waals surface area contributed by atoms with E-state index in [1.165, 1.54) is 30.5 Å². The molecule has 0 aliphatic heterocycles. The van der Waals surface area contributed by atoms with Gasteiger partial charge in [0.1, 0.15) is 11.4 Å². The number of rotatable bonds is 6. The first-order valence-electron chi connectivity index (χ1n) is 9.22. The third-order valence-corrected chi connectivity index (χ3v) is 5.68. The summed E-state index contributed by atoms with van der Waals surface area (Å²) in [6.07, 6.45) is 1.28. The zero-order valence-electron chi connectivity index (χ0n) is 16.8. The van der Waals surface area contributed by atoms with Crippen molar-refractivity contribution in [2.45, 2.75) is 13.0 Å². The Morgan fingerprint density at radius 2 is 1.94 bits per heavy atom. The van der Waals surface area contributed by atoms with Crippen LogP contribution in [0.2, 0.25) is 5.02 Å². The van der Waals surface area contributed by atoms with E-state index in [0.29, 0.717) is 16.3 Å². The summed E-state index contributed by atoms with van der Waals surface area (Å²) in [4.78, 5) is 25.9. The molecule has 1 amide bonds. The summed E-state index contributed by atoms with van der Waals surface area (Å²) in [7, 11) is -2.84. The third-order valence-electron chi connectivity index (χ3n) is 4.29. The van der Waals surface area contributed by atoms with E-state index in [1.807, 2.05) is 0 Å². The van der Waals surface area contributed by atoms with Crippen molar-refractivity contribution in [2.75, 3.05) is 12.0 Å². The average molecular weight is 463 g/mol. The number of benzene rings is 2. The smallest absolute Gasteiger partial charge is 0.284 e. The Hall–Kier alpha value is -3.04. The minimum Gasteiger partial charge on any atom is -0.348 e. The molecule has 0 radical (unpaired) electrons. The molecule has 162 valence electrons. The van der Waals surface area contributed by atoms with Gasteiger partial charge < -0.3 is 5.32 Å². The minimum absolute atomic E-state index is 0.0635. The molecule has 0 saturated carbocycles. The number of halogens is 2. The van der Waals surface area contributed by atoms with E-state index in [1.54, 1.807) is 31.2 Å². The number of hydrogen-bond donors (Lipinski definition) is 2. The van der Waals surface area contributed by atoms with Crippen LogP contribution in [0.25, 0.3) is 16.9 Å². The lowest BCUT2D eigenvalue weighted by atomic mass is 10.1. The zero-order valence-corrected chi connectivity index (χ0v) is 18.3. The summed E-state index contributed by atoms with van der Waals surface area (Å²) >= 11 is 5.94. The summed E-state index contributed by atoms with van der Waals surface area (Å²) in [5.41, 5.74) is 0.0999. The van der Waals surface area contributed by atoms with Gasteiger partial charge in [-0.2, -0.15) is 9.78 Å². The summed E-state index contributed by atoms with van der Waals surface area (Å²) < 4.78 is 34.0. The molecular weight excluding hydrogens is 443 g/mol. The molecule has 0 aliphatic rings. The van der Waals surface area contributed by atoms with Gasteiger partial charge in [0.25, 0.3) is 11.5 Å². The van der Waals surface area contributed by atoms with E-state index in [2.05, 4.69) is 10.4 Å². The molecule has 31 heavy (non-hydrogen) atoms. The molecule has 1 heterocycles. The fourth-order valence-electron chi connectivity index (χ4n) is 3.02. The predicted molar refractivity (Wildman–Crippen MR) is 119 cm³/mol. The maximum absolute atomic E-state index is 13.8. The van der Waals surface area contributed by atoms with Crippen LogP contribution in [0.15, 0.2) is 59.4 Å². The zero-order chi connectivity index (χ0) is 22.8. The van der Waals surface area contributed by atoms with Crippen LogP contribution in [-0.2, 0) is 9.73 Å². The number of carbonyl (C=O) groups is 1. The Balaban J connectivity index is 2.12. The molecule has 0 fully saturated rings. The molecular formula is C21H20ClFN4O3S. The van der Waals surface area contributed by atoms with Crippen LogP contribution in [0.5, 0.6) is 0 Å². The Morgan fingerprint density at radius 3 is 2.55 bits per heavy atom. The highest BCUT2D eigenvalue weighted by Gasteiger charge is 2.20. The van der Waals surface area contributed by atoms with Crippen molar-refractivity contribution in [2.24, 2.45) is 0 Å². The molecule has 2 atom stereocenters. The van der Waals surface area contributed by atoms with Crippen LogP contribution in [0.4, 0.5) is 4.39 Å². The van der Waals surface area contributed by atoms with Gasteiger partial charge in [-0.3, -0.25) is 18.6 Å². The summed E-state index contributed by atoms with van der Waals surface area (Å²) in [6.45, 7) is 1.60. The number of nitrogens with zero attached hydrogens (tertiary/aromatic N) is 2. The molecule has 2 N–H and O–H groups in total. The second kappa shape index (κ2) is 8.99. The monoisotopic (exact) mass is 462 g/mol. The van der Waals surface area contributed by atoms with Crippen LogP contribution < -0.4 is 10.9 Å². The van der Waals surface area contributed by atoms with Crippen molar-refractivity contribution in [1.82, 2.24) is 15.1 Å². The normalized spacial score (nSPS) is 13.9. The van der Waals surface area contributed by atoms with Crippen molar-refractivity contribution in [1.29, 1.82) is 4.78 Å². The van der Waals surface area contributed by atoms with Crippen LogP contribution in [-0.4, -0.2) is 37.9 Å². The quantitative estimate of drug-likeness (QED) is 0.585. The van der Waals surface area contributed by atoms with E-state index < -0.39 is 33.1 Å². The second-order valence-corrected chi connectivity index (χ2v) is 9.97. The van der Waals surface area contributed by atoms with Gasteiger partial charge in [0.05, 0.1) is 17.1 Å². The fourth-order valence-corrected chi connectivity index (χ4v) is 4.19. The Morgan fingerprint density at radius 1 is 1.26 bits per heavy atom. The second-order valence-electron chi connectivity index (χ2n) is 7.19. The Bertz CT molecular complexity index is 1290. The summed E-state index contributed by atoms with van der Waals surface area (Å²) in [5.74, 6) is -1.33. The van der Waals surface area contributed by atoms with E-state index >= 15 is 0 Å². The third kappa shape index (κ3) is 5.77. The number of nitrogens with one attached hydrogen (secondary N) is 2. The van der Waals surface area contributed by atoms with Gasteiger partial charge in [0.2, 0.25) is 0 Å². The van der Waals surface area contributed by atoms with Crippen LogP contribution >= 0.6 is 11.6 Å². The average Bonchev–Trinajstić information content (AvgIpc) is 2.67. The fraction of sp³-hybridized carbons (Fsp3) is 0.190. The highest BCUT2D eigenvalue weighted by molar-refractivity contribution is 7.91. The number of carbonyl (C=O) groups excluding carboxylic acids is 1. The minimum atomic E-state index is -2.84. The van der Waals surface area contributed by atoms with Crippen LogP contribution in [0, 0.1) is 10.6 Å². The molecule has 0 saturated heterocycles. The van der Waals surface area contributed by atoms with Crippen molar-refractivity contribution in [3.8, 4) is 16.9 Å². The molecule has 0 spiro atoms. The maximum atomic E-state index is 13.8. The van der Waals surface area contributed by atoms with Gasteiger partial charge in [0.15, 0.2) is 0 Å². The summed E-state index contributed by atoms with van der Waals surface area (Å²) in [5, 5.41) is 7.41. The van der Waals surface area contributed by atoms with Gasteiger partial charge in [-0.05, 0) is 43.3 Å². The van der Waals surface area contributed by atoms with Gasteiger partial charge in [-0.25, -0.2) is 4.39 Å². The lowest BCUT2D eigenvalue weighted by Crippen LogP contribution is -2.40. The SMILES string of the molecule is C[C@@H](C[S@](C)(=N)=O)NC(=O)c1cc(-c2ccc(Cl)cc2)nn(-c2cccc(F)c2)c1=O. The first-order chi connectivity index (χ1) is 14.5. The first kappa shape index (κ1) is 22.6. The summed E-state index contributed by atoms with van der Waals surface area (Å²) in [6, 6.07) is 12.7. The lowest BCUT2D eigenvalue weighted by Gasteiger charge is -2.15. The lowest BCUT2D eigenvalue weighted by molar-refractivity contribution is 0.0941. The standard InChI is InChI=1S/C21H20ClFN4O3S/c1-13(12-31(2,24)30)25-20(28)18-11-19(14-6-8-15(22)9-7-14)26-27(21(18)29)17-5-3-4-16(23)10-17/h3-11,13,24H,12H2,1-2H3,(H,25,28)/t13-,31+/m0/s1. The maximum Gasteiger partial charge on any atom is 0.284 e. The van der Waals surface area contributed by atoms with E-state index in [9.17, 15) is 18.2 Å². The highest BCUT2D eigenvalue weighted by Crippen LogP contribution is 2.20. The van der Waals surface area contributed by atoms with Gasteiger partial charge in [0, 0.05) is 32.6 Å². The highest BCUT2D eigenvalue weighted by atomic mass is 35.5. The van der Waals surface area contributed by atoms with Crippen LogP contribution in [0.3, 0.4) is 0 Å². The van der Waals surface area contributed by atoms with Gasteiger partial charge in [-0.1, -0.05) is 29.8 Å². The predicted octanol–water partition coefficient (Wildman–Crippen LogP) is 3.49. The largest absolute Gasteiger partial charge is 0.348 e. The van der Waals surface area contributed by atoms with Crippen molar-refractivity contribution < 1.29 is 13.4 Å². The first-order valence-corrected chi connectivity index (χ1v) is 11.7. The van der Waals surface area contributed by atoms with Crippen molar-refractivity contribution in [3.05, 3.63) is 81.4 Å². The van der Waals surface area contributed by atoms with Gasteiger partial charge in [-0.15, -0.1) is 0 Å². The Labute approximate surface area is 183 Å². The Kier molecular flexibility index (Phi) is 6.56. The molecule has 3 rings (SSSR count). The van der Waals surface area contributed by atoms with E-state index in [-0.39, 0.29) is 17.0 Å². The van der Waals surface area contributed by atoms with Gasteiger partial charge >= 0.3 is 0 Å². The van der Waals surface area contributed by atoms with E-state index in [4.69, 9.17) is 16.4 Å².